The van der Waals surface area contributed by atoms with Gasteiger partial charge in [0.15, 0.2) is 0 Å². The van der Waals surface area contributed by atoms with Crippen molar-refractivity contribution in [3.05, 3.63) is 11.7 Å². The Balaban J connectivity index is 1.65. The number of nitrogens with zero attached hydrogens (tertiary/aromatic N) is 3. The third-order valence-corrected chi connectivity index (χ3v) is 3.57. The van der Waals surface area contributed by atoms with Crippen LogP contribution >= 0.6 is 0 Å². The minimum atomic E-state index is -0.144. The molecule has 1 amide bonds. The summed E-state index contributed by atoms with van der Waals surface area (Å²) >= 11 is 0. The van der Waals surface area contributed by atoms with Crippen LogP contribution in [0.4, 0.5) is 0 Å². The maximum Gasteiger partial charge on any atom is 0.295 e. The van der Waals surface area contributed by atoms with Crippen LogP contribution in [0.3, 0.4) is 0 Å². The predicted molar refractivity (Wildman–Crippen MR) is 64.0 cm³/mol. The van der Waals surface area contributed by atoms with Crippen LogP contribution in [-0.2, 0) is 0 Å². The zero-order chi connectivity index (χ0) is 12.5. The minimum absolute atomic E-state index is 0.118. The molecule has 18 heavy (non-hydrogen) atoms. The van der Waals surface area contributed by atoms with E-state index in [4.69, 9.17) is 4.52 Å². The van der Waals surface area contributed by atoms with Gasteiger partial charge in [-0.05, 0) is 38.1 Å². The Morgan fingerprint density at radius 1 is 1.50 bits per heavy atom. The van der Waals surface area contributed by atoms with Crippen molar-refractivity contribution >= 4 is 5.91 Å². The summed E-state index contributed by atoms with van der Waals surface area (Å²) in [5, 5.41) is 7.07. The van der Waals surface area contributed by atoms with E-state index in [2.05, 4.69) is 15.5 Å². The molecule has 1 aliphatic heterocycles. The Bertz CT molecular complexity index is 435. The highest BCUT2D eigenvalue weighted by atomic mass is 16.5. The molecule has 98 valence electrons. The molecule has 6 heteroatoms. The zero-order valence-electron chi connectivity index (χ0n) is 10.6. The average Bonchev–Trinajstić information content (AvgIpc) is 2.89. The number of hydrogen-bond acceptors (Lipinski definition) is 5. The molecule has 1 aromatic rings. The second-order valence-corrected chi connectivity index (χ2v) is 5.23. The highest BCUT2D eigenvalue weighted by Gasteiger charge is 2.28. The van der Waals surface area contributed by atoms with Gasteiger partial charge in [0, 0.05) is 13.6 Å². The van der Waals surface area contributed by atoms with Crippen molar-refractivity contribution < 1.29 is 9.32 Å². The maximum absolute atomic E-state index is 12.1. The summed E-state index contributed by atoms with van der Waals surface area (Å²) in [6, 6.07) is 0.118. The van der Waals surface area contributed by atoms with Gasteiger partial charge in [-0.1, -0.05) is 5.16 Å². The van der Waals surface area contributed by atoms with Crippen molar-refractivity contribution in [3.63, 3.8) is 0 Å². The van der Waals surface area contributed by atoms with Crippen molar-refractivity contribution in [3.8, 4) is 0 Å². The maximum atomic E-state index is 12.1. The first-order valence-corrected chi connectivity index (χ1v) is 6.56. The van der Waals surface area contributed by atoms with Gasteiger partial charge in [0.25, 0.3) is 11.7 Å². The highest BCUT2D eigenvalue weighted by molar-refractivity contribution is 5.90. The number of carbonyl (C=O) groups excluding carboxylic acids is 1. The number of rotatable bonds is 4. The summed E-state index contributed by atoms with van der Waals surface area (Å²) in [5.74, 6) is 1.24. The molecule has 1 unspecified atom stereocenters. The molecule has 0 radical (unpaired) electrons. The van der Waals surface area contributed by atoms with Crippen molar-refractivity contribution in [1.29, 1.82) is 0 Å². The van der Waals surface area contributed by atoms with Gasteiger partial charge in [0.2, 0.25) is 5.89 Å². The van der Waals surface area contributed by atoms with Crippen LogP contribution in [0.15, 0.2) is 4.52 Å². The first-order valence-electron chi connectivity index (χ1n) is 6.56. The van der Waals surface area contributed by atoms with Gasteiger partial charge in [-0.2, -0.15) is 4.98 Å². The molecule has 0 spiro atoms. The van der Waals surface area contributed by atoms with Crippen LogP contribution in [0, 0.1) is 5.92 Å². The van der Waals surface area contributed by atoms with E-state index >= 15 is 0 Å². The fraction of sp³-hybridized carbons (Fsp3) is 0.750. The molecule has 1 aromatic heterocycles. The van der Waals surface area contributed by atoms with Gasteiger partial charge in [-0.15, -0.1) is 0 Å². The summed E-state index contributed by atoms with van der Waals surface area (Å²) in [4.78, 5) is 18.0. The lowest BCUT2D eigenvalue weighted by Gasteiger charge is -2.13. The minimum Gasteiger partial charge on any atom is -0.339 e. The number of amides is 1. The lowest BCUT2D eigenvalue weighted by atomic mass is 10.2. The third kappa shape index (κ3) is 2.38. The Labute approximate surface area is 106 Å². The van der Waals surface area contributed by atoms with Crippen LogP contribution in [0.25, 0.3) is 0 Å². The summed E-state index contributed by atoms with van der Waals surface area (Å²) in [6.45, 7) is 1.77. The van der Waals surface area contributed by atoms with E-state index in [1.165, 1.54) is 12.8 Å². The number of carbonyl (C=O) groups is 1. The Kier molecular flexibility index (Phi) is 3.03. The van der Waals surface area contributed by atoms with E-state index in [-0.39, 0.29) is 17.8 Å². The van der Waals surface area contributed by atoms with Crippen molar-refractivity contribution in [2.45, 2.75) is 31.7 Å². The van der Waals surface area contributed by atoms with Gasteiger partial charge in [-0.25, -0.2) is 0 Å². The van der Waals surface area contributed by atoms with Crippen LogP contribution < -0.4 is 5.32 Å². The summed E-state index contributed by atoms with van der Waals surface area (Å²) in [6.07, 6.45) is 4.55. The summed E-state index contributed by atoms with van der Waals surface area (Å²) in [5.41, 5.74) is 0. The Hall–Kier alpha value is -1.43. The molecule has 1 N–H and O–H groups in total. The van der Waals surface area contributed by atoms with Crippen molar-refractivity contribution in [1.82, 2.24) is 20.4 Å². The SMILES string of the molecule is CN(CC1CC1)C(=O)c1noc(C2CCCN2)n1. The van der Waals surface area contributed by atoms with Crippen molar-refractivity contribution in [2.24, 2.45) is 5.92 Å². The van der Waals surface area contributed by atoms with Crippen LogP contribution in [0.5, 0.6) is 0 Å². The van der Waals surface area contributed by atoms with E-state index in [0.29, 0.717) is 11.8 Å². The molecule has 1 atom stereocenters. The van der Waals surface area contributed by atoms with E-state index < -0.39 is 0 Å². The second kappa shape index (κ2) is 4.68. The molecule has 2 fully saturated rings. The van der Waals surface area contributed by atoms with Gasteiger partial charge >= 0.3 is 0 Å². The van der Waals surface area contributed by atoms with E-state index in [0.717, 1.165) is 25.9 Å². The molecule has 6 nitrogen and oxygen atoms in total. The molecule has 3 rings (SSSR count). The second-order valence-electron chi connectivity index (χ2n) is 5.23. The predicted octanol–water partition coefficient (Wildman–Crippen LogP) is 0.976. The molecule has 0 bridgehead atoms. The lowest BCUT2D eigenvalue weighted by molar-refractivity contribution is 0.0773. The quantitative estimate of drug-likeness (QED) is 0.862. The topological polar surface area (TPSA) is 71.3 Å². The monoisotopic (exact) mass is 250 g/mol. The molecular weight excluding hydrogens is 232 g/mol. The zero-order valence-corrected chi connectivity index (χ0v) is 10.6. The number of hydrogen-bond donors (Lipinski definition) is 1. The fourth-order valence-electron chi connectivity index (χ4n) is 2.30. The molecule has 0 aromatic carbocycles. The van der Waals surface area contributed by atoms with Crippen LogP contribution in [0.1, 0.15) is 48.2 Å². The molecular formula is C12H18N4O2. The Morgan fingerprint density at radius 2 is 2.33 bits per heavy atom. The fourth-order valence-corrected chi connectivity index (χ4v) is 2.30. The summed E-state index contributed by atoms with van der Waals surface area (Å²) < 4.78 is 5.17. The molecule has 1 aliphatic carbocycles. The normalized spacial score (nSPS) is 23.3. The lowest BCUT2D eigenvalue weighted by Crippen LogP contribution is -2.29. The molecule has 2 aliphatic rings. The van der Waals surface area contributed by atoms with E-state index in [1.54, 1.807) is 11.9 Å². The van der Waals surface area contributed by atoms with E-state index in [9.17, 15) is 4.79 Å². The first kappa shape index (κ1) is 11.6. The van der Waals surface area contributed by atoms with E-state index in [1.807, 2.05) is 0 Å². The van der Waals surface area contributed by atoms with Gasteiger partial charge in [0.05, 0.1) is 6.04 Å². The smallest absolute Gasteiger partial charge is 0.295 e. The van der Waals surface area contributed by atoms with Crippen molar-refractivity contribution in [2.75, 3.05) is 20.1 Å². The van der Waals surface area contributed by atoms with Gasteiger partial charge in [-0.3, -0.25) is 4.79 Å². The third-order valence-electron chi connectivity index (χ3n) is 3.57. The largest absolute Gasteiger partial charge is 0.339 e. The van der Waals surface area contributed by atoms with Crippen LogP contribution in [-0.4, -0.2) is 41.1 Å². The highest BCUT2D eigenvalue weighted by Crippen LogP contribution is 2.29. The molecule has 1 saturated carbocycles. The first-order chi connectivity index (χ1) is 8.74. The standard InChI is InChI=1S/C12H18N4O2/c1-16(7-8-4-5-8)12(17)10-14-11(18-15-10)9-3-2-6-13-9/h8-9,13H,2-7H2,1H3. The molecule has 2 heterocycles. The number of nitrogens with one attached hydrogen (secondary N) is 1. The summed E-state index contributed by atoms with van der Waals surface area (Å²) in [7, 11) is 1.80. The average molecular weight is 250 g/mol. The molecule has 1 saturated heterocycles. The van der Waals surface area contributed by atoms with Gasteiger partial charge < -0.3 is 14.7 Å². The van der Waals surface area contributed by atoms with Gasteiger partial charge in [0.1, 0.15) is 0 Å². The Morgan fingerprint density at radius 3 is 3.00 bits per heavy atom. The van der Waals surface area contributed by atoms with Crippen LogP contribution in [0.2, 0.25) is 0 Å². The number of aromatic nitrogens is 2.